The predicted molar refractivity (Wildman–Crippen MR) is 51.4 cm³/mol. The zero-order valence-corrected chi connectivity index (χ0v) is 8.06. The quantitative estimate of drug-likeness (QED) is 0.589. The van der Waals surface area contributed by atoms with Crippen molar-refractivity contribution in [2.75, 3.05) is 0 Å². The van der Waals surface area contributed by atoms with Crippen LogP contribution in [0.4, 0.5) is 5.69 Å². The van der Waals surface area contributed by atoms with Crippen LogP contribution in [0.5, 0.6) is 0 Å². The topological polar surface area (TPSA) is 78.4 Å². The molecule has 0 aliphatic rings. The molecule has 1 rings (SSSR count). The number of para-hydroxylation sites is 1. The Balaban J connectivity index is 3.27. The van der Waals surface area contributed by atoms with Crippen molar-refractivity contribution in [1.82, 2.24) is 0 Å². The van der Waals surface area contributed by atoms with Gasteiger partial charge in [-0.05, 0) is 19.9 Å². The fraction of sp³-hybridized carbons (Fsp3) is 0.333. The Morgan fingerprint density at radius 1 is 1.43 bits per heavy atom. The number of benzene rings is 1. The van der Waals surface area contributed by atoms with Gasteiger partial charge in [0.2, 0.25) is 0 Å². The van der Waals surface area contributed by atoms with Crippen LogP contribution in [0.1, 0.15) is 19.4 Å². The molecule has 76 valence electrons. The molecule has 1 aromatic rings. The monoisotopic (exact) mass is 196 g/mol. The van der Waals surface area contributed by atoms with Crippen molar-refractivity contribution in [2.45, 2.75) is 19.4 Å². The van der Waals surface area contributed by atoms with Crippen molar-refractivity contribution in [1.29, 1.82) is 0 Å². The fourth-order valence-corrected chi connectivity index (χ4v) is 1.21. The Morgan fingerprint density at radius 2 is 2.00 bits per heavy atom. The number of nitrogens with two attached hydrogens (primary N) is 1. The van der Waals surface area contributed by atoms with Crippen molar-refractivity contribution >= 4 is 5.69 Å². The zero-order valence-electron chi connectivity index (χ0n) is 8.06. The molecule has 0 aliphatic carbocycles. The Morgan fingerprint density at radius 3 is 2.50 bits per heavy atom. The third kappa shape index (κ3) is 1.89. The van der Waals surface area contributed by atoms with Crippen molar-refractivity contribution in [3.8, 4) is 0 Å². The van der Waals surface area contributed by atoms with Gasteiger partial charge in [0, 0.05) is 6.07 Å². The van der Waals surface area contributed by atoms with Crippen molar-refractivity contribution in [3.63, 3.8) is 0 Å². The average Bonchev–Trinajstić information content (AvgIpc) is 2.18. The molecule has 0 aromatic heterocycles. The number of hydrogen-bond acceptors (Lipinski definition) is 4. The Hall–Kier alpha value is -1.46. The largest absolute Gasteiger partial charge is 0.294 e. The summed E-state index contributed by atoms with van der Waals surface area (Å²) in [6, 6.07) is 6.37. The summed E-state index contributed by atoms with van der Waals surface area (Å²) in [4.78, 5) is 15.0. The van der Waals surface area contributed by atoms with Gasteiger partial charge in [0.05, 0.1) is 10.5 Å². The van der Waals surface area contributed by atoms with E-state index < -0.39 is 10.5 Å². The lowest BCUT2D eigenvalue weighted by atomic mass is 9.96. The molecule has 0 amide bonds. The molecule has 0 bridgehead atoms. The van der Waals surface area contributed by atoms with Crippen molar-refractivity contribution in [3.05, 3.63) is 39.9 Å². The summed E-state index contributed by atoms with van der Waals surface area (Å²) >= 11 is 0. The zero-order chi connectivity index (χ0) is 10.8. The van der Waals surface area contributed by atoms with Crippen molar-refractivity contribution in [2.24, 2.45) is 5.90 Å². The van der Waals surface area contributed by atoms with E-state index in [1.165, 1.54) is 6.07 Å². The molecule has 5 nitrogen and oxygen atoms in total. The highest BCUT2D eigenvalue weighted by molar-refractivity contribution is 5.43. The minimum absolute atomic E-state index is 0.0166. The fourth-order valence-electron chi connectivity index (χ4n) is 1.21. The number of nitro benzene ring substituents is 1. The number of hydrogen-bond donors (Lipinski definition) is 1. The highest BCUT2D eigenvalue weighted by Crippen LogP contribution is 2.30. The minimum atomic E-state index is -0.857. The van der Waals surface area contributed by atoms with E-state index in [1.807, 2.05) is 0 Å². The first-order chi connectivity index (χ1) is 6.49. The summed E-state index contributed by atoms with van der Waals surface area (Å²) in [7, 11) is 0. The highest BCUT2D eigenvalue weighted by atomic mass is 16.6. The molecular formula is C9H12N2O3. The maximum Gasteiger partial charge on any atom is 0.275 e. The average molecular weight is 196 g/mol. The lowest BCUT2D eigenvalue weighted by Gasteiger charge is -2.21. The lowest BCUT2D eigenvalue weighted by Crippen LogP contribution is -2.26. The summed E-state index contributed by atoms with van der Waals surface area (Å²) in [6.07, 6.45) is 0. The van der Waals surface area contributed by atoms with Crippen LogP contribution in [0.3, 0.4) is 0 Å². The van der Waals surface area contributed by atoms with Crippen LogP contribution in [-0.2, 0) is 10.4 Å². The van der Waals surface area contributed by atoms with Gasteiger partial charge < -0.3 is 0 Å². The molecular weight excluding hydrogens is 184 g/mol. The van der Waals surface area contributed by atoms with Gasteiger partial charge in [-0.15, -0.1) is 0 Å². The molecule has 0 saturated carbocycles. The summed E-state index contributed by atoms with van der Waals surface area (Å²) in [5, 5.41) is 10.7. The van der Waals surface area contributed by atoms with Crippen LogP contribution in [0.15, 0.2) is 24.3 Å². The standard InChI is InChI=1S/C9H12N2O3/c1-9(2,14-10)7-5-3-4-6-8(7)11(12)13/h3-6H,10H2,1-2H3. The summed E-state index contributed by atoms with van der Waals surface area (Å²) < 4.78 is 0. The molecule has 2 N–H and O–H groups in total. The maximum atomic E-state index is 10.7. The molecule has 0 heterocycles. The Bertz CT molecular complexity index is 350. The van der Waals surface area contributed by atoms with Gasteiger partial charge in [-0.3, -0.25) is 15.0 Å². The van der Waals surface area contributed by atoms with Gasteiger partial charge in [-0.1, -0.05) is 12.1 Å². The number of nitrogens with zero attached hydrogens (tertiary/aromatic N) is 1. The first kappa shape index (κ1) is 10.6. The second-order valence-corrected chi connectivity index (χ2v) is 3.40. The van der Waals surface area contributed by atoms with Gasteiger partial charge >= 0.3 is 0 Å². The smallest absolute Gasteiger partial charge is 0.275 e. The van der Waals surface area contributed by atoms with E-state index in [0.29, 0.717) is 5.56 Å². The highest BCUT2D eigenvalue weighted by Gasteiger charge is 2.28. The second kappa shape index (κ2) is 3.73. The molecule has 0 aliphatic heterocycles. The van der Waals surface area contributed by atoms with Crippen LogP contribution in [0, 0.1) is 10.1 Å². The van der Waals surface area contributed by atoms with E-state index in [2.05, 4.69) is 0 Å². The Kier molecular flexibility index (Phi) is 2.83. The van der Waals surface area contributed by atoms with E-state index in [1.54, 1.807) is 32.0 Å². The van der Waals surface area contributed by atoms with Crippen LogP contribution in [0.2, 0.25) is 0 Å². The van der Waals surface area contributed by atoms with Gasteiger partial charge in [0.1, 0.15) is 5.60 Å². The first-order valence-corrected chi connectivity index (χ1v) is 4.11. The molecule has 5 heteroatoms. The van der Waals surface area contributed by atoms with Crippen LogP contribution < -0.4 is 5.90 Å². The Labute approximate surface area is 81.6 Å². The molecule has 0 radical (unpaired) electrons. The summed E-state index contributed by atoms with van der Waals surface area (Å²) in [5.41, 5.74) is -0.376. The van der Waals surface area contributed by atoms with Crippen molar-refractivity contribution < 1.29 is 9.76 Å². The van der Waals surface area contributed by atoms with Crippen LogP contribution >= 0.6 is 0 Å². The van der Waals surface area contributed by atoms with Gasteiger partial charge in [-0.2, -0.15) is 0 Å². The molecule has 14 heavy (non-hydrogen) atoms. The molecule has 0 saturated heterocycles. The van der Waals surface area contributed by atoms with E-state index >= 15 is 0 Å². The van der Waals surface area contributed by atoms with Gasteiger partial charge in [0.15, 0.2) is 0 Å². The first-order valence-electron chi connectivity index (χ1n) is 4.11. The van der Waals surface area contributed by atoms with Gasteiger partial charge in [-0.25, -0.2) is 5.90 Å². The molecule has 0 fully saturated rings. The van der Waals surface area contributed by atoms with Gasteiger partial charge in [0.25, 0.3) is 5.69 Å². The van der Waals surface area contributed by atoms with Crippen LogP contribution in [0.25, 0.3) is 0 Å². The third-order valence-electron chi connectivity index (χ3n) is 2.04. The second-order valence-electron chi connectivity index (χ2n) is 3.40. The summed E-state index contributed by atoms with van der Waals surface area (Å²) in [6.45, 7) is 3.35. The maximum absolute atomic E-state index is 10.7. The van der Waals surface area contributed by atoms with E-state index in [4.69, 9.17) is 10.7 Å². The van der Waals surface area contributed by atoms with Crippen LogP contribution in [-0.4, -0.2) is 4.92 Å². The normalized spacial score (nSPS) is 11.4. The SMILES string of the molecule is CC(C)(ON)c1ccccc1[N+](=O)[O-]. The predicted octanol–water partition coefficient (Wildman–Crippen LogP) is 1.72. The molecule has 0 spiro atoms. The van der Waals surface area contributed by atoms with E-state index in [0.717, 1.165) is 0 Å². The lowest BCUT2D eigenvalue weighted by molar-refractivity contribution is -0.386. The third-order valence-corrected chi connectivity index (χ3v) is 2.04. The summed E-state index contributed by atoms with van der Waals surface area (Å²) in [5.74, 6) is 5.08. The molecule has 1 aromatic carbocycles. The molecule has 0 unspecified atom stereocenters. The molecule has 0 atom stereocenters. The number of rotatable bonds is 3. The van der Waals surface area contributed by atoms with E-state index in [-0.39, 0.29) is 5.69 Å². The van der Waals surface area contributed by atoms with E-state index in [9.17, 15) is 10.1 Å². The minimum Gasteiger partial charge on any atom is -0.294 e. The number of nitro groups is 1.